The molecule has 0 radical (unpaired) electrons. The lowest BCUT2D eigenvalue weighted by molar-refractivity contribution is 0.585. The van der Waals surface area contributed by atoms with Gasteiger partial charge in [0.2, 0.25) is 0 Å². The summed E-state index contributed by atoms with van der Waals surface area (Å²) in [4.78, 5) is 0. The topological polar surface area (TPSA) is 31.2 Å². The molecule has 0 saturated carbocycles. The van der Waals surface area contributed by atoms with Gasteiger partial charge in [0.1, 0.15) is 16.7 Å². The molecule has 3 heteroatoms. The highest BCUT2D eigenvalue weighted by Gasteiger charge is 2.25. The quantitative estimate of drug-likeness (QED) is 0.256. The number of furan rings is 2. The second kappa shape index (κ2) is 6.42. The van der Waals surface area contributed by atoms with E-state index in [0.29, 0.717) is 0 Å². The number of aryl methyl sites for hydroxylation is 2. The molecule has 0 fully saturated rings. The Labute approximate surface area is 195 Å². The lowest BCUT2D eigenvalue weighted by atomic mass is 9.98. The summed E-state index contributed by atoms with van der Waals surface area (Å²) < 4.78 is 15.3. The molecule has 0 bridgehead atoms. The van der Waals surface area contributed by atoms with Crippen molar-refractivity contribution in [3.8, 4) is 0 Å². The molecule has 1 aliphatic carbocycles. The van der Waals surface area contributed by atoms with Crippen molar-refractivity contribution in [1.29, 1.82) is 0 Å². The van der Waals surface area contributed by atoms with Crippen LogP contribution in [0.2, 0.25) is 0 Å². The summed E-state index contributed by atoms with van der Waals surface area (Å²) in [6.45, 7) is 2.10. The zero-order chi connectivity index (χ0) is 22.4. The average molecular weight is 440 g/mol. The van der Waals surface area contributed by atoms with Crippen LogP contribution in [0.25, 0.3) is 60.4 Å². The molecule has 1 aliphatic rings. The van der Waals surface area contributed by atoms with Crippen molar-refractivity contribution in [2.24, 2.45) is 0 Å². The van der Waals surface area contributed by atoms with Crippen LogP contribution in [0, 0.1) is 6.92 Å². The fourth-order valence-electron chi connectivity index (χ4n) is 5.85. The van der Waals surface area contributed by atoms with Crippen molar-refractivity contribution in [2.75, 3.05) is 0 Å². The van der Waals surface area contributed by atoms with Crippen LogP contribution in [-0.4, -0.2) is 4.57 Å². The first kappa shape index (κ1) is 18.2. The molecule has 3 nitrogen and oxygen atoms in total. The van der Waals surface area contributed by atoms with Crippen LogP contribution in [0.1, 0.15) is 23.3 Å². The van der Waals surface area contributed by atoms with E-state index in [2.05, 4.69) is 96.4 Å². The first-order valence-electron chi connectivity index (χ1n) is 11.8. The van der Waals surface area contributed by atoms with Crippen LogP contribution < -0.4 is 0 Å². The molecule has 3 aromatic heterocycles. The number of hydrogen-bond acceptors (Lipinski definition) is 2. The van der Waals surface area contributed by atoms with E-state index in [1.54, 1.807) is 0 Å². The van der Waals surface area contributed by atoms with Crippen molar-refractivity contribution in [2.45, 2.75) is 19.8 Å². The Morgan fingerprint density at radius 3 is 2.15 bits per heavy atom. The predicted octanol–water partition coefficient (Wildman–Crippen LogP) is 8.58. The van der Waals surface area contributed by atoms with E-state index in [4.69, 9.17) is 8.83 Å². The molecule has 0 spiro atoms. The van der Waals surface area contributed by atoms with Gasteiger partial charge in [-0.25, -0.2) is 0 Å². The first-order valence-corrected chi connectivity index (χ1v) is 11.8. The van der Waals surface area contributed by atoms with Crippen LogP contribution in [0.3, 0.4) is 0 Å². The van der Waals surface area contributed by atoms with Crippen LogP contribution in [0.4, 0.5) is 0 Å². The molecule has 0 atom stereocenters. The number of allylic oxidation sites excluding steroid dienone is 1. The molecule has 34 heavy (non-hydrogen) atoms. The van der Waals surface area contributed by atoms with Crippen molar-refractivity contribution in [3.05, 3.63) is 102 Å². The number of hydrogen-bond donors (Lipinski definition) is 0. The zero-order valence-electron chi connectivity index (χ0n) is 18.8. The van der Waals surface area contributed by atoms with Gasteiger partial charge in [0.15, 0.2) is 5.76 Å². The highest BCUT2D eigenvalue weighted by molar-refractivity contribution is 6.12. The maximum absolute atomic E-state index is 6.65. The van der Waals surface area contributed by atoms with Gasteiger partial charge in [-0.2, -0.15) is 0 Å². The Morgan fingerprint density at radius 1 is 0.676 bits per heavy atom. The van der Waals surface area contributed by atoms with E-state index in [1.165, 1.54) is 27.4 Å². The van der Waals surface area contributed by atoms with E-state index in [1.807, 2.05) is 0 Å². The summed E-state index contributed by atoms with van der Waals surface area (Å²) in [5, 5.41) is 5.94. The van der Waals surface area contributed by atoms with Gasteiger partial charge in [0, 0.05) is 32.5 Å². The highest BCUT2D eigenvalue weighted by Crippen LogP contribution is 2.42. The minimum absolute atomic E-state index is 0.924. The molecular weight excluding hydrogens is 418 g/mol. The standard InChI is InChI=1S/C31H21NO2/c1-18-8-6-11-21-23-16-29-24(17-28(23)33-30(18)21)22-12-7-15-27(31(22)34-29)32-25-13-4-2-9-19(25)20-10-3-5-14-26(20)32/h2-6,8-11,13-17H,7,12H2,1H3. The molecule has 0 aliphatic heterocycles. The zero-order valence-corrected chi connectivity index (χ0v) is 18.8. The van der Waals surface area contributed by atoms with E-state index in [0.717, 1.165) is 62.8 Å². The Bertz CT molecular complexity index is 1920. The summed E-state index contributed by atoms with van der Waals surface area (Å²) in [6, 6.07) is 27.9. The van der Waals surface area contributed by atoms with Gasteiger partial charge in [0.25, 0.3) is 0 Å². The van der Waals surface area contributed by atoms with E-state index < -0.39 is 0 Å². The van der Waals surface area contributed by atoms with Gasteiger partial charge in [-0.3, -0.25) is 0 Å². The molecule has 0 saturated heterocycles. The Kier molecular flexibility index (Phi) is 3.44. The third-order valence-corrected chi connectivity index (χ3v) is 7.39. The summed E-state index contributed by atoms with van der Waals surface area (Å²) in [5.41, 5.74) is 8.79. The lowest BCUT2D eigenvalue weighted by Gasteiger charge is -2.16. The van der Waals surface area contributed by atoms with Gasteiger partial charge in [-0.15, -0.1) is 0 Å². The Morgan fingerprint density at radius 2 is 1.35 bits per heavy atom. The summed E-state index contributed by atoms with van der Waals surface area (Å²) in [6.07, 6.45) is 4.27. The number of nitrogens with zero attached hydrogens (tertiary/aromatic N) is 1. The number of benzene rings is 4. The highest BCUT2D eigenvalue weighted by atomic mass is 16.3. The molecule has 0 unspecified atom stereocenters. The fraction of sp³-hybridized carbons (Fsp3) is 0.0968. The van der Waals surface area contributed by atoms with Gasteiger partial charge < -0.3 is 13.4 Å². The number of rotatable bonds is 1. The maximum atomic E-state index is 6.65. The van der Waals surface area contributed by atoms with E-state index in [9.17, 15) is 0 Å². The predicted molar refractivity (Wildman–Crippen MR) is 139 cm³/mol. The monoisotopic (exact) mass is 439 g/mol. The third kappa shape index (κ3) is 2.26. The molecule has 0 N–H and O–H groups in total. The molecular formula is C31H21NO2. The minimum atomic E-state index is 0.924. The largest absolute Gasteiger partial charge is 0.456 e. The summed E-state index contributed by atoms with van der Waals surface area (Å²) in [5.74, 6) is 0.973. The molecule has 0 amide bonds. The van der Waals surface area contributed by atoms with Crippen molar-refractivity contribution in [1.82, 2.24) is 4.57 Å². The van der Waals surface area contributed by atoms with Gasteiger partial charge >= 0.3 is 0 Å². The molecule has 4 aromatic carbocycles. The smallest absolute Gasteiger partial charge is 0.155 e. The van der Waals surface area contributed by atoms with Crippen LogP contribution in [0.5, 0.6) is 0 Å². The number of aromatic nitrogens is 1. The number of para-hydroxylation sites is 3. The molecule has 7 aromatic rings. The van der Waals surface area contributed by atoms with E-state index in [-0.39, 0.29) is 0 Å². The normalized spacial score (nSPS) is 14.0. The fourth-order valence-corrected chi connectivity index (χ4v) is 5.85. The number of fused-ring (bicyclic) bond motifs is 9. The Balaban J connectivity index is 1.43. The van der Waals surface area contributed by atoms with Gasteiger partial charge in [0.05, 0.1) is 16.7 Å². The van der Waals surface area contributed by atoms with Crippen molar-refractivity contribution >= 4 is 60.4 Å². The SMILES string of the molecule is Cc1cccc2c1oc1cc3c4c(oc3cc12)C(n1c2ccccc2c2ccccc21)=CCC4. The molecule has 8 rings (SSSR count). The lowest BCUT2D eigenvalue weighted by Crippen LogP contribution is -2.04. The summed E-state index contributed by atoms with van der Waals surface area (Å²) in [7, 11) is 0. The minimum Gasteiger partial charge on any atom is -0.456 e. The maximum Gasteiger partial charge on any atom is 0.155 e. The average Bonchev–Trinajstić information content (AvgIpc) is 3.53. The van der Waals surface area contributed by atoms with Crippen molar-refractivity contribution < 1.29 is 8.83 Å². The van der Waals surface area contributed by atoms with Gasteiger partial charge in [-0.1, -0.05) is 60.7 Å². The molecule has 3 heterocycles. The van der Waals surface area contributed by atoms with Gasteiger partial charge in [-0.05, 0) is 49.6 Å². The van der Waals surface area contributed by atoms with Crippen LogP contribution in [-0.2, 0) is 6.42 Å². The van der Waals surface area contributed by atoms with Crippen LogP contribution in [0.15, 0.2) is 93.8 Å². The van der Waals surface area contributed by atoms with Crippen molar-refractivity contribution in [3.63, 3.8) is 0 Å². The second-order valence-corrected chi connectivity index (χ2v) is 9.31. The van der Waals surface area contributed by atoms with E-state index >= 15 is 0 Å². The summed E-state index contributed by atoms with van der Waals surface area (Å²) >= 11 is 0. The third-order valence-electron chi connectivity index (χ3n) is 7.39. The molecule has 162 valence electrons. The second-order valence-electron chi connectivity index (χ2n) is 9.31. The first-order chi connectivity index (χ1) is 16.8. The Hall–Kier alpha value is -4.24. The van der Waals surface area contributed by atoms with Crippen LogP contribution >= 0.6 is 0 Å².